The number of sulfonamides is 1. The van der Waals surface area contributed by atoms with E-state index in [1.807, 2.05) is 0 Å². The number of carboxylic acids is 1. The van der Waals surface area contributed by atoms with E-state index in [9.17, 15) is 13.2 Å². The average Bonchev–Trinajstić information content (AvgIpc) is 2.94. The molecule has 0 bridgehead atoms. The number of carboxylic acid groups (broad SMARTS) is 1. The molecule has 0 atom stereocenters. The second-order valence-electron chi connectivity index (χ2n) is 4.49. The molecular weight excluding hydrogens is 362 g/mol. The van der Waals surface area contributed by atoms with Crippen LogP contribution in [0, 0.1) is 0 Å². The minimum Gasteiger partial charge on any atom is -0.478 e. The van der Waals surface area contributed by atoms with Crippen molar-refractivity contribution in [3.05, 3.63) is 47.0 Å². The third kappa shape index (κ3) is 2.98. The number of nitrogens with one attached hydrogen (secondary N) is 1. The lowest BCUT2D eigenvalue weighted by Crippen LogP contribution is -2.16. The van der Waals surface area contributed by atoms with Crippen LogP contribution in [0.25, 0.3) is 11.0 Å². The summed E-state index contributed by atoms with van der Waals surface area (Å²) in [5, 5.41) is 9.37. The highest BCUT2D eigenvalue weighted by Gasteiger charge is 2.22. The highest BCUT2D eigenvalue weighted by molar-refractivity contribution is 7.93. The van der Waals surface area contributed by atoms with Crippen LogP contribution in [0.15, 0.2) is 41.3 Å². The lowest BCUT2D eigenvalue weighted by Gasteiger charge is -2.11. The van der Waals surface area contributed by atoms with Crippen LogP contribution in [-0.4, -0.2) is 28.2 Å². The summed E-state index contributed by atoms with van der Waals surface area (Å²) in [6.07, 6.45) is 0. The van der Waals surface area contributed by atoms with Gasteiger partial charge in [0.25, 0.3) is 10.0 Å². The maximum Gasteiger partial charge on any atom is 0.337 e. The van der Waals surface area contributed by atoms with Gasteiger partial charge in [0.05, 0.1) is 23.0 Å². The summed E-state index contributed by atoms with van der Waals surface area (Å²) >= 11 is 6.72. The van der Waals surface area contributed by atoms with Gasteiger partial charge in [-0.2, -0.15) is 8.75 Å². The molecule has 0 fully saturated rings. The molecule has 0 amide bonds. The van der Waals surface area contributed by atoms with E-state index in [1.54, 1.807) is 6.07 Å². The quantitative estimate of drug-likeness (QED) is 0.731. The van der Waals surface area contributed by atoms with Gasteiger partial charge in [0.15, 0.2) is 0 Å². The van der Waals surface area contributed by atoms with E-state index in [0.717, 1.165) is 11.7 Å². The molecule has 0 radical (unpaired) electrons. The van der Waals surface area contributed by atoms with Crippen LogP contribution in [0.5, 0.6) is 0 Å². The topological polar surface area (TPSA) is 109 Å². The molecule has 0 spiro atoms. The second-order valence-corrected chi connectivity index (χ2v) is 7.10. The molecular formula is C13H8ClN3O4S2. The number of aromatic nitrogens is 2. The summed E-state index contributed by atoms with van der Waals surface area (Å²) in [5.74, 6) is -1.27. The zero-order chi connectivity index (χ0) is 16.6. The zero-order valence-corrected chi connectivity index (χ0v) is 13.6. The normalized spacial score (nSPS) is 11.5. The van der Waals surface area contributed by atoms with Crippen LogP contribution >= 0.6 is 23.3 Å². The highest BCUT2D eigenvalue weighted by atomic mass is 35.5. The Bertz CT molecular complexity index is 1020. The van der Waals surface area contributed by atoms with E-state index in [2.05, 4.69) is 13.5 Å². The van der Waals surface area contributed by atoms with Crippen molar-refractivity contribution in [1.82, 2.24) is 8.75 Å². The molecule has 3 aromatic rings. The number of hydrogen-bond acceptors (Lipinski definition) is 6. The van der Waals surface area contributed by atoms with Gasteiger partial charge in [-0.05, 0) is 30.3 Å². The molecule has 3 rings (SSSR count). The van der Waals surface area contributed by atoms with Gasteiger partial charge in [-0.15, -0.1) is 0 Å². The van der Waals surface area contributed by atoms with Gasteiger partial charge < -0.3 is 5.11 Å². The molecule has 10 heteroatoms. The molecule has 0 saturated heterocycles. The van der Waals surface area contributed by atoms with Crippen LogP contribution in [-0.2, 0) is 10.0 Å². The van der Waals surface area contributed by atoms with E-state index in [1.165, 1.54) is 30.3 Å². The molecule has 118 valence electrons. The van der Waals surface area contributed by atoms with Crippen molar-refractivity contribution in [3.8, 4) is 0 Å². The van der Waals surface area contributed by atoms with Crippen LogP contribution < -0.4 is 4.72 Å². The largest absolute Gasteiger partial charge is 0.478 e. The third-order valence-electron chi connectivity index (χ3n) is 2.99. The van der Waals surface area contributed by atoms with Crippen LogP contribution in [0.4, 0.5) is 5.69 Å². The molecule has 7 nitrogen and oxygen atoms in total. The first-order valence-corrected chi connectivity index (χ1v) is 8.74. The van der Waals surface area contributed by atoms with Gasteiger partial charge in [0, 0.05) is 5.02 Å². The van der Waals surface area contributed by atoms with Crippen molar-refractivity contribution in [1.29, 1.82) is 0 Å². The number of fused-ring (bicyclic) bond motifs is 1. The summed E-state index contributed by atoms with van der Waals surface area (Å²) in [6, 6.07) is 8.38. The fourth-order valence-electron chi connectivity index (χ4n) is 1.99. The van der Waals surface area contributed by atoms with Crippen molar-refractivity contribution in [2.45, 2.75) is 4.90 Å². The molecule has 0 saturated carbocycles. The summed E-state index contributed by atoms with van der Waals surface area (Å²) in [6.45, 7) is 0. The average molecular weight is 370 g/mol. The first kappa shape index (κ1) is 15.7. The SMILES string of the molecule is O=C(O)c1ccc(Cl)cc1NS(=O)(=O)c1cccc2nsnc12. The zero-order valence-electron chi connectivity index (χ0n) is 11.2. The summed E-state index contributed by atoms with van der Waals surface area (Å²) < 4.78 is 35.4. The van der Waals surface area contributed by atoms with E-state index < -0.39 is 16.0 Å². The fraction of sp³-hybridized carbons (Fsp3) is 0. The molecule has 23 heavy (non-hydrogen) atoms. The minimum absolute atomic E-state index is 0.0833. The van der Waals surface area contributed by atoms with Crippen LogP contribution in [0.3, 0.4) is 0 Å². The smallest absolute Gasteiger partial charge is 0.337 e. The maximum atomic E-state index is 12.6. The van der Waals surface area contributed by atoms with Crippen molar-refractivity contribution in [2.24, 2.45) is 0 Å². The first-order chi connectivity index (χ1) is 10.9. The number of hydrogen-bond donors (Lipinski definition) is 2. The Morgan fingerprint density at radius 1 is 1.22 bits per heavy atom. The molecule has 0 aliphatic heterocycles. The monoisotopic (exact) mass is 369 g/mol. The Kier molecular flexibility index (Phi) is 3.92. The van der Waals surface area contributed by atoms with Gasteiger partial charge >= 0.3 is 5.97 Å². The third-order valence-corrected chi connectivity index (χ3v) is 5.17. The van der Waals surface area contributed by atoms with Crippen molar-refractivity contribution in [2.75, 3.05) is 4.72 Å². The standard InChI is InChI=1S/C13H8ClN3O4S2/c14-7-4-5-8(13(18)19)10(6-7)17-23(20,21)11-3-1-2-9-12(11)16-22-15-9/h1-6,17H,(H,18,19). The molecule has 0 aliphatic rings. The number of benzene rings is 2. The second kappa shape index (κ2) is 5.76. The molecule has 2 aromatic carbocycles. The van der Waals surface area contributed by atoms with E-state index >= 15 is 0 Å². The molecule has 2 N–H and O–H groups in total. The van der Waals surface area contributed by atoms with Gasteiger partial charge in [0.2, 0.25) is 0 Å². The van der Waals surface area contributed by atoms with E-state index in [0.29, 0.717) is 5.52 Å². The molecule has 1 heterocycles. The first-order valence-electron chi connectivity index (χ1n) is 6.15. The number of halogens is 1. The van der Waals surface area contributed by atoms with E-state index in [-0.39, 0.29) is 26.7 Å². The Morgan fingerprint density at radius 2 is 2.00 bits per heavy atom. The van der Waals surface area contributed by atoms with Gasteiger partial charge in [-0.3, -0.25) is 4.72 Å². The Morgan fingerprint density at radius 3 is 2.74 bits per heavy atom. The lowest BCUT2D eigenvalue weighted by molar-refractivity contribution is 0.0698. The number of aromatic carboxylic acids is 1. The summed E-state index contributed by atoms with van der Waals surface area (Å²) in [5.41, 5.74) is 0.345. The summed E-state index contributed by atoms with van der Waals surface area (Å²) in [7, 11) is -4.05. The molecule has 0 aliphatic carbocycles. The van der Waals surface area contributed by atoms with Crippen molar-refractivity contribution >= 4 is 56.0 Å². The van der Waals surface area contributed by atoms with Crippen LogP contribution in [0.2, 0.25) is 5.02 Å². The predicted molar refractivity (Wildman–Crippen MR) is 86.6 cm³/mol. The van der Waals surface area contributed by atoms with E-state index in [4.69, 9.17) is 16.7 Å². The number of nitrogens with zero attached hydrogens (tertiary/aromatic N) is 2. The Labute approximate surface area is 139 Å². The Balaban J connectivity index is 2.11. The highest BCUT2D eigenvalue weighted by Crippen LogP contribution is 2.27. The predicted octanol–water partition coefficient (Wildman–Crippen LogP) is 2.84. The number of rotatable bonds is 4. The van der Waals surface area contributed by atoms with Crippen molar-refractivity contribution in [3.63, 3.8) is 0 Å². The fourth-order valence-corrected chi connectivity index (χ4v) is 4.00. The number of carbonyl (C=O) groups is 1. The minimum atomic E-state index is -4.05. The summed E-state index contributed by atoms with van der Waals surface area (Å²) in [4.78, 5) is 11.1. The van der Waals surface area contributed by atoms with Crippen LogP contribution in [0.1, 0.15) is 10.4 Å². The van der Waals surface area contributed by atoms with Gasteiger partial charge in [-0.1, -0.05) is 17.7 Å². The molecule has 0 unspecified atom stereocenters. The van der Waals surface area contributed by atoms with Gasteiger partial charge in [0.1, 0.15) is 15.9 Å². The van der Waals surface area contributed by atoms with Crippen molar-refractivity contribution < 1.29 is 18.3 Å². The lowest BCUT2D eigenvalue weighted by atomic mass is 10.2. The Hall–Kier alpha value is -2.23. The number of anilines is 1. The maximum absolute atomic E-state index is 12.6. The molecule has 1 aromatic heterocycles. The van der Waals surface area contributed by atoms with Gasteiger partial charge in [-0.25, -0.2) is 13.2 Å².